The second-order valence-electron chi connectivity index (χ2n) is 7.29. The highest BCUT2D eigenvalue weighted by molar-refractivity contribution is 7.13. The van der Waals surface area contributed by atoms with E-state index in [2.05, 4.69) is 44.3 Å². The molecule has 1 aliphatic rings. The van der Waals surface area contributed by atoms with Gasteiger partial charge in [-0.05, 0) is 43.6 Å². The van der Waals surface area contributed by atoms with Crippen LogP contribution < -0.4 is 0 Å². The summed E-state index contributed by atoms with van der Waals surface area (Å²) in [7, 11) is 0. The minimum atomic E-state index is 0.00643. The molecule has 0 amide bonds. The number of aromatic nitrogens is 3. The average Bonchev–Trinajstić information content (AvgIpc) is 3.43. The van der Waals surface area contributed by atoms with Crippen LogP contribution in [0.1, 0.15) is 36.4 Å². The maximum absolute atomic E-state index is 10.8. The zero-order chi connectivity index (χ0) is 18.9. The van der Waals surface area contributed by atoms with Crippen LogP contribution in [-0.2, 0) is 0 Å². The minimum Gasteiger partial charge on any atom is -0.508 e. The van der Waals surface area contributed by atoms with Crippen molar-refractivity contribution < 1.29 is 5.11 Å². The Morgan fingerprint density at radius 2 is 1.86 bits per heavy atom. The molecule has 6 heteroatoms. The van der Waals surface area contributed by atoms with E-state index in [1.165, 1.54) is 24.8 Å². The number of likely N-dealkylation sites (tertiary alicyclic amines) is 1. The van der Waals surface area contributed by atoms with Crippen molar-refractivity contribution in [3.8, 4) is 16.3 Å². The third kappa shape index (κ3) is 3.08. The molecule has 3 heterocycles. The fourth-order valence-corrected chi connectivity index (χ4v) is 4.87. The van der Waals surface area contributed by atoms with Crippen molar-refractivity contribution in [3.05, 3.63) is 65.3 Å². The predicted molar refractivity (Wildman–Crippen MR) is 113 cm³/mol. The number of H-pyrrole nitrogens is 1. The molecule has 2 aromatic carbocycles. The molecule has 1 atom stereocenters. The molecule has 0 radical (unpaired) electrons. The maximum Gasteiger partial charge on any atom is 0.123 e. The van der Waals surface area contributed by atoms with Gasteiger partial charge in [0.2, 0.25) is 0 Å². The first-order valence-electron chi connectivity index (χ1n) is 9.70. The highest BCUT2D eigenvalue weighted by atomic mass is 32.1. The predicted octanol–water partition coefficient (Wildman–Crippen LogP) is 4.97. The van der Waals surface area contributed by atoms with Crippen molar-refractivity contribution in [1.82, 2.24) is 20.1 Å². The Morgan fingerprint density at radius 3 is 2.61 bits per heavy atom. The molecule has 142 valence electrons. The number of nitrogens with zero attached hydrogens (tertiary/aromatic N) is 3. The van der Waals surface area contributed by atoms with Crippen LogP contribution in [-0.4, -0.2) is 38.3 Å². The molecule has 28 heavy (non-hydrogen) atoms. The SMILES string of the molecule is Oc1ccc2[nH]ncc2c1C(c1ccc(-c2nccs2)cc1)N1CCCCC1. The van der Waals surface area contributed by atoms with E-state index >= 15 is 0 Å². The third-order valence-electron chi connectivity index (χ3n) is 5.58. The van der Waals surface area contributed by atoms with Crippen LogP contribution in [0.2, 0.25) is 0 Å². The van der Waals surface area contributed by atoms with Gasteiger partial charge >= 0.3 is 0 Å². The molecule has 1 aliphatic heterocycles. The second-order valence-corrected chi connectivity index (χ2v) is 8.18. The number of rotatable bonds is 4. The van der Waals surface area contributed by atoms with Crippen molar-refractivity contribution in [3.63, 3.8) is 0 Å². The monoisotopic (exact) mass is 390 g/mol. The first-order chi connectivity index (χ1) is 13.8. The van der Waals surface area contributed by atoms with E-state index in [1.807, 2.05) is 23.8 Å². The average molecular weight is 391 g/mol. The molecule has 5 nitrogen and oxygen atoms in total. The first kappa shape index (κ1) is 17.4. The Balaban J connectivity index is 1.62. The van der Waals surface area contributed by atoms with Crippen LogP contribution in [0.25, 0.3) is 21.5 Å². The van der Waals surface area contributed by atoms with E-state index in [-0.39, 0.29) is 6.04 Å². The Hall–Kier alpha value is -2.70. The van der Waals surface area contributed by atoms with Gasteiger partial charge in [-0.25, -0.2) is 4.98 Å². The molecule has 2 aromatic heterocycles. The molecular formula is C22H22N4OS. The normalized spacial score (nSPS) is 16.4. The van der Waals surface area contributed by atoms with Gasteiger partial charge in [0.1, 0.15) is 10.8 Å². The molecule has 2 N–H and O–H groups in total. The van der Waals surface area contributed by atoms with Gasteiger partial charge in [0.25, 0.3) is 0 Å². The molecule has 5 rings (SSSR count). The number of fused-ring (bicyclic) bond motifs is 1. The van der Waals surface area contributed by atoms with Gasteiger partial charge < -0.3 is 5.11 Å². The van der Waals surface area contributed by atoms with Gasteiger partial charge in [-0.2, -0.15) is 5.10 Å². The highest BCUT2D eigenvalue weighted by Crippen LogP contribution is 2.40. The van der Waals surface area contributed by atoms with Gasteiger partial charge in [-0.3, -0.25) is 10.00 Å². The minimum absolute atomic E-state index is 0.00643. The number of phenolic OH excluding ortho intramolecular Hbond substituents is 1. The van der Waals surface area contributed by atoms with E-state index in [4.69, 9.17) is 0 Å². The van der Waals surface area contributed by atoms with Gasteiger partial charge in [0.15, 0.2) is 0 Å². The number of benzene rings is 2. The topological polar surface area (TPSA) is 65.0 Å². The maximum atomic E-state index is 10.8. The van der Waals surface area contributed by atoms with Crippen molar-refractivity contribution in [2.24, 2.45) is 0 Å². The first-order valence-corrected chi connectivity index (χ1v) is 10.6. The largest absolute Gasteiger partial charge is 0.508 e. The third-order valence-corrected chi connectivity index (χ3v) is 6.40. The lowest BCUT2D eigenvalue weighted by Crippen LogP contribution is -2.34. The highest BCUT2D eigenvalue weighted by Gasteiger charge is 2.28. The molecule has 0 saturated carbocycles. The van der Waals surface area contributed by atoms with Crippen LogP contribution in [0.5, 0.6) is 5.75 Å². The second kappa shape index (κ2) is 7.37. The van der Waals surface area contributed by atoms with Gasteiger partial charge in [-0.1, -0.05) is 30.7 Å². The summed E-state index contributed by atoms with van der Waals surface area (Å²) < 4.78 is 0. The van der Waals surface area contributed by atoms with Crippen LogP contribution in [0, 0.1) is 0 Å². The fraction of sp³-hybridized carbons (Fsp3) is 0.273. The number of hydrogen-bond donors (Lipinski definition) is 2. The number of nitrogens with one attached hydrogen (secondary N) is 1. The summed E-state index contributed by atoms with van der Waals surface area (Å²) in [6.07, 6.45) is 7.31. The zero-order valence-electron chi connectivity index (χ0n) is 15.5. The molecule has 0 spiro atoms. The lowest BCUT2D eigenvalue weighted by Gasteiger charge is -2.35. The molecule has 0 aliphatic carbocycles. The number of hydrogen-bond acceptors (Lipinski definition) is 5. The van der Waals surface area contributed by atoms with E-state index in [9.17, 15) is 5.11 Å². The Kier molecular flexibility index (Phi) is 4.58. The summed E-state index contributed by atoms with van der Waals surface area (Å²) in [6.45, 7) is 2.07. The van der Waals surface area contributed by atoms with E-state index in [0.717, 1.165) is 40.1 Å². The number of thiazole rings is 1. The fourth-order valence-electron chi connectivity index (χ4n) is 4.23. The molecule has 1 unspecified atom stereocenters. The number of piperidine rings is 1. The zero-order valence-corrected chi connectivity index (χ0v) is 16.3. The number of aromatic amines is 1. The van der Waals surface area contributed by atoms with Crippen LogP contribution in [0.15, 0.2) is 54.2 Å². The summed E-state index contributed by atoms with van der Waals surface area (Å²) in [5.41, 5.74) is 4.21. The Bertz CT molecular complexity index is 1070. The Labute approximate surface area is 167 Å². The van der Waals surface area contributed by atoms with Crippen molar-refractivity contribution in [2.45, 2.75) is 25.3 Å². The summed E-state index contributed by atoms with van der Waals surface area (Å²) in [4.78, 5) is 6.90. The quantitative estimate of drug-likeness (QED) is 0.516. The van der Waals surface area contributed by atoms with Gasteiger partial charge in [-0.15, -0.1) is 11.3 Å². The Morgan fingerprint density at radius 1 is 1.04 bits per heavy atom. The summed E-state index contributed by atoms with van der Waals surface area (Å²) in [6, 6.07) is 12.3. The van der Waals surface area contributed by atoms with E-state index in [1.54, 1.807) is 17.4 Å². The molecule has 4 aromatic rings. The molecule has 1 saturated heterocycles. The molecule has 0 bridgehead atoms. The van der Waals surface area contributed by atoms with Crippen molar-refractivity contribution in [2.75, 3.05) is 13.1 Å². The van der Waals surface area contributed by atoms with Crippen molar-refractivity contribution in [1.29, 1.82) is 0 Å². The van der Waals surface area contributed by atoms with Crippen LogP contribution >= 0.6 is 11.3 Å². The molecular weight excluding hydrogens is 368 g/mol. The lowest BCUT2D eigenvalue weighted by atomic mass is 9.91. The number of phenols is 1. The van der Waals surface area contributed by atoms with Crippen LogP contribution in [0.3, 0.4) is 0 Å². The smallest absolute Gasteiger partial charge is 0.123 e. The molecule has 1 fully saturated rings. The summed E-state index contributed by atoms with van der Waals surface area (Å²) >= 11 is 1.65. The van der Waals surface area contributed by atoms with Gasteiger partial charge in [0, 0.05) is 28.1 Å². The van der Waals surface area contributed by atoms with Crippen LogP contribution in [0.4, 0.5) is 0 Å². The summed E-state index contributed by atoms with van der Waals surface area (Å²) in [5, 5.41) is 22.1. The summed E-state index contributed by atoms with van der Waals surface area (Å²) in [5.74, 6) is 0.327. The van der Waals surface area contributed by atoms with Gasteiger partial charge in [0.05, 0.1) is 17.8 Å². The lowest BCUT2D eigenvalue weighted by molar-refractivity contribution is 0.186. The van der Waals surface area contributed by atoms with E-state index < -0.39 is 0 Å². The van der Waals surface area contributed by atoms with Crippen molar-refractivity contribution >= 4 is 22.2 Å². The van der Waals surface area contributed by atoms with E-state index in [0.29, 0.717) is 5.75 Å². The standard InChI is InChI=1S/C22H22N4OS/c27-19-9-8-18-17(14-24-25-18)20(19)21(26-11-2-1-3-12-26)15-4-6-16(7-5-15)22-23-10-13-28-22/h4-10,13-14,21,27H,1-3,11-12H2,(H,24,25). The number of aromatic hydroxyl groups is 1.